The molecule has 0 spiro atoms. The molecule has 2 rings (SSSR count). The summed E-state index contributed by atoms with van der Waals surface area (Å²) in [6, 6.07) is 12.1. The SMILES string of the molecule is CCN(CC)C(=O)c1cccc(C(=O)NCc2ccc(Cl)cc2)n1. The van der Waals surface area contributed by atoms with Crippen LogP contribution in [0.4, 0.5) is 0 Å². The number of amides is 2. The van der Waals surface area contributed by atoms with Crippen LogP contribution in [-0.4, -0.2) is 34.8 Å². The molecular weight excluding hydrogens is 326 g/mol. The minimum Gasteiger partial charge on any atom is -0.347 e. The van der Waals surface area contributed by atoms with Crippen LogP contribution in [0.15, 0.2) is 42.5 Å². The molecule has 0 atom stereocenters. The number of aromatic nitrogens is 1. The van der Waals surface area contributed by atoms with Crippen LogP contribution in [-0.2, 0) is 6.54 Å². The van der Waals surface area contributed by atoms with E-state index in [0.717, 1.165) is 5.56 Å². The van der Waals surface area contributed by atoms with E-state index in [0.29, 0.717) is 24.7 Å². The predicted molar refractivity (Wildman–Crippen MR) is 94.1 cm³/mol. The molecule has 0 saturated carbocycles. The van der Waals surface area contributed by atoms with Gasteiger partial charge in [0, 0.05) is 24.7 Å². The highest BCUT2D eigenvalue weighted by Gasteiger charge is 2.16. The summed E-state index contributed by atoms with van der Waals surface area (Å²) in [5.74, 6) is -0.494. The molecule has 5 nitrogen and oxygen atoms in total. The fraction of sp³-hybridized carbons (Fsp3) is 0.278. The van der Waals surface area contributed by atoms with Crippen molar-refractivity contribution in [3.05, 3.63) is 64.4 Å². The second kappa shape index (κ2) is 8.45. The Hall–Kier alpha value is -2.40. The van der Waals surface area contributed by atoms with E-state index in [2.05, 4.69) is 10.3 Å². The lowest BCUT2D eigenvalue weighted by Gasteiger charge is -2.18. The third kappa shape index (κ3) is 4.55. The van der Waals surface area contributed by atoms with E-state index in [4.69, 9.17) is 11.6 Å². The van der Waals surface area contributed by atoms with Crippen LogP contribution in [0.1, 0.15) is 40.4 Å². The smallest absolute Gasteiger partial charge is 0.272 e. The molecule has 1 heterocycles. The van der Waals surface area contributed by atoms with Crippen molar-refractivity contribution in [3.63, 3.8) is 0 Å². The maximum atomic E-state index is 12.3. The number of halogens is 1. The molecule has 0 saturated heterocycles. The van der Waals surface area contributed by atoms with Crippen molar-refractivity contribution in [2.24, 2.45) is 0 Å². The van der Waals surface area contributed by atoms with Crippen molar-refractivity contribution in [2.75, 3.05) is 13.1 Å². The third-order valence-corrected chi connectivity index (χ3v) is 3.87. The van der Waals surface area contributed by atoms with Crippen LogP contribution in [0.2, 0.25) is 5.02 Å². The summed E-state index contributed by atoms with van der Waals surface area (Å²) in [6.07, 6.45) is 0. The first-order chi connectivity index (χ1) is 11.5. The quantitative estimate of drug-likeness (QED) is 0.874. The molecular formula is C18H20ClN3O2. The van der Waals surface area contributed by atoms with Crippen LogP contribution < -0.4 is 5.32 Å². The van der Waals surface area contributed by atoms with Gasteiger partial charge in [0.25, 0.3) is 11.8 Å². The van der Waals surface area contributed by atoms with Crippen molar-refractivity contribution >= 4 is 23.4 Å². The monoisotopic (exact) mass is 345 g/mol. The van der Waals surface area contributed by atoms with E-state index >= 15 is 0 Å². The number of hydrogen-bond donors (Lipinski definition) is 1. The fourth-order valence-corrected chi connectivity index (χ4v) is 2.35. The molecule has 0 aliphatic heterocycles. The molecule has 0 fully saturated rings. The minimum atomic E-state index is -0.320. The highest BCUT2D eigenvalue weighted by atomic mass is 35.5. The highest BCUT2D eigenvalue weighted by molar-refractivity contribution is 6.30. The van der Waals surface area contributed by atoms with Gasteiger partial charge in [0.1, 0.15) is 11.4 Å². The topological polar surface area (TPSA) is 62.3 Å². The van der Waals surface area contributed by atoms with E-state index in [1.165, 1.54) is 0 Å². The average Bonchev–Trinajstić information content (AvgIpc) is 2.62. The molecule has 0 aliphatic rings. The molecule has 0 unspecified atom stereocenters. The van der Waals surface area contributed by atoms with Gasteiger partial charge < -0.3 is 10.2 Å². The number of carbonyl (C=O) groups is 2. The van der Waals surface area contributed by atoms with Gasteiger partial charge in [-0.05, 0) is 43.7 Å². The molecule has 0 radical (unpaired) electrons. The Bertz CT molecular complexity index is 712. The summed E-state index contributed by atoms with van der Waals surface area (Å²) in [6.45, 7) is 5.38. The van der Waals surface area contributed by atoms with Gasteiger partial charge in [-0.1, -0.05) is 29.8 Å². The zero-order valence-corrected chi connectivity index (χ0v) is 14.5. The van der Waals surface area contributed by atoms with Crippen LogP contribution in [0.25, 0.3) is 0 Å². The molecule has 1 N–H and O–H groups in total. The Kier molecular flexibility index (Phi) is 6.32. The zero-order valence-electron chi connectivity index (χ0n) is 13.8. The minimum absolute atomic E-state index is 0.174. The largest absolute Gasteiger partial charge is 0.347 e. The summed E-state index contributed by atoms with van der Waals surface area (Å²) in [4.78, 5) is 30.4. The number of nitrogens with zero attached hydrogens (tertiary/aromatic N) is 2. The first kappa shape index (κ1) is 17.9. The first-order valence-electron chi connectivity index (χ1n) is 7.84. The van der Waals surface area contributed by atoms with Gasteiger partial charge >= 0.3 is 0 Å². The average molecular weight is 346 g/mol. The van der Waals surface area contributed by atoms with Crippen molar-refractivity contribution in [2.45, 2.75) is 20.4 Å². The first-order valence-corrected chi connectivity index (χ1v) is 8.22. The van der Waals surface area contributed by atoms with Gasteiger partial charge in [-0.15, -0.1) is 0 Å². The van der Waals surface area contributed by atoms with Crippen molar-refractivity contribution in [3.8, 4) is 0 Å². The number of rotatable bonds is 6. The van der Waals surface area contributed by atoms with Crippen molar-refractivity contribution in [1.29, 1.82) is 0 Å². The van der Waals surface area contributed by atoms with Gasteiger partial charge in [-0.2, -0.15) is 0 Å². The van der Waals surface area contributed by atoms with E-state index in [-0.39, 0.29) is 23.2 Å². The lowest BCUT2D eigenvalue weighted by Crippen LogP contribution is -2.32. The number of nitrogens with one attached hydrogen (secondary N) is 1. The van der Waals surface area contributed by atoms with E-state index in [1.54, 1.807) is 35.2 Å². The Morgan fingerprint density at radius 2 is 1.67 bits per heavy atom. The number of pyridine rings is 1. The Labute approximate surface area is 146 Å². The molecule has 2 amide bonds. The molecule has 1 aromatic carbocycles. The molecule has 1 aromatic heterocycles. The molecule has 0 aliphatic carbocycles. The fourth-order valence-electron chi connectivity index (χ4n) is 2.23. The van der Waals surface area contributed by atoms with Gasteiger partial charge in [0.05, 0.1) is 0 Å². The Balaban J connectivity index is 2.05. The number of benzene rings is 1. The van der Waals surface area contributed by atoms with E-state index in [1.807, 2.05) is 26.0 Å². The molecule has 126 valence electrons. The lowest BCUT2D eigenvalue weighted by molar-refractivity contribution is 0.0767. The van der Waals surface area contributed by atoms with E-state index < -0.39 is 0 Å². The van der Waals surface area contributed by atoms with Gasteiger partial charge in [0.2, 0.25) is 0 Å². The zero-order chi connectivity index (χ0) is 17.5. The Morgan fingerprint density at radius 1 is 1.04 bits per heavy atom. The second-order valence-corrected chi connectivity index (χ2v) is 5.63. The molecule has 2 aromatic rings. The molecule has 24 heavy (non-hydrogen) atoms. The summed E-state index contributed by atoms with van der Waals surface area (Å²) in [5, 5.41) is 3.44. The highest BCUT2D eigenvalue weighted by Crippen LogP contribution is 2.09. The number of carbonyl (C=O) groups excluding carboxylic acids is 2. The van der Waals surface area contributed by atoms with Crippen LogP contribution in [0, 0.1) is 0 Å². The number of hydrogen-bond acceptors (Lipinski definition) is 3. The summed E-state index contributed by atoms with van der Waals surface area (Å²) >= 11 is 5.83. The molecule has 6 heteroatoms. The second-order valence-electron chi connectivity index (χ2n) is 5.19. The van der Waals surface area contributed by atoms with Crippen molar-refractivity contribution in [1.82, 2.24) is 15.2 Å². The third-order valence-electron chi connectivity index (χ3n) is 3.62. The summed E-state index contributed by atoms with van der Waals surface area (Å²) in [5.41, 5.74) is 1.43. The molecule has 0 bridgehead atoms. The predicted octanol–water partition coefficient (Wildman–Crippen LogP) is 3.15. The van der Waals surface area contributed by atoms with Gasteiger partial charge in [-0.3, -0.25) is 9.59 Å². The maximum Gasteiger partial charge on any atom is 0.272 e. The summed E-state index contributed by atoms with van der Waals surface area (Å²) < 4.78 is 0. The van der Waals surface area contributed by atoms with Gasteiger partial charge in [-0.25, -0.2) is 4.98 Å². The van der Waals surface area contributed by atoms with Crippen LogP contribution in [0.5, 0.6) is 0 Å². The maximum absolute atomic E-state index is 12.3. The van der Waals surface area contributed by atoms with Crippen LogP contribution >= 0.6 is 11.6 Å². The van der Waals surface area contributed by atoms with Gasteiger partial charge in [0.15, 0.2) is 0 Å². The summed E-state index contributed by atoms with van der Waals surface area (Å²) in [7, 11) is 0. The van der Waals surface area contributed by atoms with Crippen LogP contribution in [0.3, 0.4) is 0 Å². The van der Waals surface area contributed by atoms with Crippen molar-refractivity contribution < 1.29 is 9.59 Å². The Morgan fingerprint density at radius 3 is 2.29 bits per heavy atom. The standard InChI is InChI=1S/C18H20ClN3O2/c1-3-22(4-2)18(24)16-7-5-6-15(21-16)17(23)20-12-13-8-10-14(19)11-9-13/h5-11H,3-4,12H2,1-2H3,(H,20,23). The normalized spacial score (nSPS) is 10.3. The lowest BCUT2D eigenvalue weighted by atomic mass is 10.2. The van der Waals surface area contributed by atoms with E-state index in [9.17, 15) is 9.59 Å².